The summed E-state index contributed by atoms with van der Waals surface area (Å²) in [7, 11) is 1.36. The molecule has 0 amide bonds. The number of hydrogen-bond donors (Lipinski definition) is 1. The lowest BCUT2D eigenvalue weighted by atomic mass is 10.3. The smallest absolute Gasteiger partial charge is 0.307 e. The third-order valence-electron chi connectivity index (χ3n) is 1.79. The van der Waals surface area contributed by atoms with Gasteiger partial charge in [-0.05, 0) is 18.5 Å². The zero-order valence-electron chi connectivity index (χ0n) is 8.58. The molecule has 82 valence electrons. The Kier molecular flexibility index (Phi) is 4.30. The Hall–Kier alpha value is -1.36. The highest BCUT2D eigenvalue weighted by Gasteiger charge is 2.03. The summed E-state index contributed by atoms with van der Waals surface area (Å²) < 4.78 is 4.50. The Bertz CT molecular complexity index is 357. The summed E-state index contributed by atoms with van der Waals surface area (Å²) in [5, 5.41) is 3.16. The van der Waals surface area contributed by atoms with Gasteiger partial charge in [0.2, 0.25) is 5.28 Å². The van der Waals surface area contributed by atoms with Gasteiger partial charge in [-0.15, -0.1) is 0 Å². The number of ether oxygens (including phenoxy) is 1. The van der Waals surface area contributed by atoms with E-state index in [9.17, 15) is 4.79 Å². The first-order valence-electron chi connectivity index (χ1n) is 4.43. The summed E-state index contributed by atoms with van der Waals surface area (Å²) in [5.41, 5.74) is 0.879. The molecule has 0 aromatic carbocycles. The van der Waals surface area contributed by atoms with Crippen LogP contribution in [0.5, 0.6) is 0 Å². The third-order valence-corrected chi connectivity index (χ3v) is 1.97. The number of nitrogens with zero attached hydrogens (tertiary/aromatic N) is 2. The predicted molar refractivity (Wildman–Crippen MR) is 56.9 cm³/mol. The van der Waals surface area contributed by atoms with Gasteiger partial charge >= 0.3 is 5.97 Å². The number of aryl methyl sites for hydroxylation is 1. The standard InChI is InChI=1S/C9H12ClN3O2/c1-6-5-12-9(10)13-8(6)11-4-3-7(14)15-2/h5H,3-4H2,1-2H3,(H,11,12,13). The maximum absolute atomic E-state index is 10.8. The van der Waals surface area contributed by atoms with Crippen molar-refractivity contribution in [2.75, 3.05) is 19.0 Å². The van der Waals surface area contributed by atoms with E-state index in [0.717, 1.165) is 5.56 Å². The van der Waals surface area contributed by atoms with E-state index in [1.165, 1.54) is 7.11 Å². The highest BCUT2D eigenvalue weighted by molar-refractivity contribution is 6.28. The molecule has 0 saturated carbocycles. The Balaban J connectivity index is 2.50. The number of rotatable bonds is 4. The van der Waals surface area contributed by atoms with E-state index in [0.29, 0.717) is 12.4 Å². The number of anilines is 1. The van der Waals surface area contributed by atoms with Gasteiger partial charge in [-0.2, -0.15) is 0 Å². The van der Waals surface area contributed by atoms with Crippen LogP contribution in [0, 0.1) is 6.92 Å². The highest BCUT2D eigenvalue weighted by Crippen LogP contribution is 2.12. The van der Waals surface area contributed by atoms with Gasteiger partial charge in [0.25, 0.3) is 0 Å². The molecule has 0 aliphatic rings. The topological polar surface area (TPSA) is 64.1 Å². The fourth-order valence-electron chi connectivity index (χ4n) is 0.985. The molecule has 5 nitrogen and oxygen atoms in total. The van der Waals surface area contributed by atoms with Crippen molar-refractivity contribution in [2.45, 2.75) is 13.3 Å². The van der Waals surface area contributed by atoms with Crippen molar-refractivity contribution < 1.29 is 9.53 Å². The molecule has 0 saturated heterocycles. The van der Waals surface area contributed by atoms with Crippen molar-refractivity contribution in [2.24, 2.45) is 0 Å². The summed E-state index contributed by atoms with van der Waals surface area (Å²) in [4.78, 5) is 18.6. The lowest BCUT2D eigenvalue weighted by molar-refractivity contribution is -0.140. The average molecular weight is 230 g/mol. The van der Waals surface area contributed by atoms with Crippen LogP contribution in [0.15, 0.2) is 6.20 Å². The zero-order valence-corrected chi connectivity index (χ0v) is 9.34. The van der Waals surface area contributed by atoms with E-state index >= 15 is 0 Å². The second-order valence-electron chi connectivity index (χ2n) is 2.92. The number of aromatic nitrogens is 2. The number of hydrogen-bond acceptors (Lipinski definition) is 5. The van der Waals surface area contributed by atoms with Crippen LogP contribution in [0.3, 0.4) is 0 Å². The second kappa shape index (κ2) is 5.50. The van der Waals surface area contributed by atoms with E-state index in [1.54, 1.807) is 6.20 Å². The Morgan fingerprint density at radius 2 is 2.40 bits per heavy atom. The lowest BCUT2D eigenvalue weighted by Gasteiger charge is -2.07. The van der Waals surface area contributed by atoms with Gasteiger partial charge in [0.1, 0.15) is 5.82 Å². The SMILES string of the molecule is COC(=O)CCNc1nc(Cl)ncc1C. The van der Waals surface area contributed by atoms with Crippen LogP contribution in [0.4, 0.5) is 5.82 Å². The Morgan fingerprint density at radius 1 is 1.67 bits per heavy atom. The molecule has 0 fully saturated rings. The van der Waals surface area contributed by atoms with Crippen LogP contribution in [0.2, 0.25) is 5.28 Å². The molecule has 0 aliphatic heterocycles. The van der Waals surface area contributed by atoms with Gasteiger partial charge in [0.05, 0.1) is 13.5 Å². The van der Waals surface area contributed by atoms with Crippen molar-refractivity contribution in [1.82, 2.24) is 9.97 Å². The van der Waals surface area contributed by atoms with E-state index < -0.39 is 0 Å². The van der Waals surface area contributed by atoms with Gasteiger partial charge < -0.3 is 10.1 Å². The average Bonchev–Trinajstić information content (AvgIpc) is 2.23. The highest BCUT2D eigenvalue weighted by atomic mass is 35.5. The molecule has 1 aromatic rings. The fraction of sp³-hybridized carbons (Fsp3) is 0.444. The summed E-state index contributed by atoms with van der Waals surface area (Å²) >= 11 is 5.63. The molecule has 1 rings (SSSR count). The van der Waals surface area contributed by atoms with E-state index in [-0.39, 0.29) is 17.7 Å². The van der Waals surface area contributed by atoms with Crippen molar-refractivity contribution in [3.8, 4) is 0 Å². The summed E-state index contributed by atoms with van der Waals surface area (Å²) in [6.45, 7) is 2.32. The molecule has 6 heteroatoms. The van der Waals surface area contributed by atoms with E-state index in [1.807, 2.05) is 6.92 Å². The molecule has 0 bridgehead atoms. The Labute approximate surface area is 92.8 Å². The van der Waals surface area contributed by atoms with Gasteiger partial charge in [-0.25, -0.2) is 9.97 Å². The van der Waals surface area contributed by atoms with Crippen molar-refractivity contribution in [3.63, 3.8) is 0 Å². The molecular weight excluding hydrogens is 218 g/mol. The first-order chi connectivity index (χ1) is 7.13. The van der Waals surface area contributed by atoms with Crippen molar-refractivity contribution >= 4 is 23.4 Å². The van der Waals surface area contributed by atoms with Crippen molar-refractivity contribution in [3.05, 3.63) is 17.0 Å². The molecule has 0 spiro atoms. The normalized spacial score (nSPS) is 9.80. The van der Waals surface area contributed by atoms with Gasteiger partial charge in [0, 0.05) is 18.3 Å². The first kappa shape index (κ1) is 11.7. The minimum atomic E-state index is -0.264. The maximum Gasteiger partial charge on any atom is 0.307 e. The first-order valence-corrected chi connectivity index (χ1v) is 4.81. The molecule has 0 unspecified atom stereocenters. The molecule has 0 aliphatic carbocycles. The summed E-state index contributed by atoms with van der Waals surface area (Å²) in [6.07, 6.45) is 1.91. The number of halogens is 1. The van der Waals surface area contributed by atoms with Gasteiger partial charge in [-0.1, -0.05) is 0 Å². The molecule has 1 N–H and O–H groups in total. The summed E-state index contributed by atoms with van der Waals surface area (Å²) in [5.74, 6) is 0.374. The Morgan fingerprint density at radius 3 is 3.07 bits per heavy atom. The van der Waals surface area contributed by atoms with Crippen LogP contribution in [0.1, 0.15) is 12.0 Å². The van der Waals surface area contributed by atoms with Crippen molar-refractivity contribution in [1.29, 1.82) is 0 Å². The van der Waals surface area contributed by atoms with Gasteiger partial charge in [0.15, 0.2) is 0 Å². The summed E-state index contributed by atoms with van der Waals surface area (Å²) in [6, 6.07) is 0. The lowest BCUT2D eigenvalue weighted by Crippen LogP contribution is -2.11. The molecule has 1 heterocycles. The van der Waals surface area contributed by atoms with Crippen LogP contribution < -0.4 is 5.32 Å². The van der Waals surface area contributed by atoms with Crippen LogP contribution >= 0.6 is 11.6 Å². The van der Waals surface area contributed by atoms with E-state index in [4.69, 9.17) is 11.6 Å². The van der Waals surface area contributed by atoms with Crippen LogP contribution in [0.25, 0.3) is 0 Å². The number of carbonyl (C=O) groups is 1. The fourth-order valence-corrected chi connectivity index (χ4v) is 1.12. The molecule has 15 heavy (non-hydrogen) atoms. The number of carbonyl (C=O) groups excluding carboxylic acids is 1. The minimum absolute atomic E-state index is 0.182. The number of nitrogens with one attached hydrogen (secondary N) is 1. The predicted octanol–water partition coefficient (Wildman–Crippen LogP) is 1.41. The van der Waals surface area contributed by atoms with E-state index in [2.05, 4.69) is 20.0 Å². The monoisotopic (exact) mass is 229 g/mol. The largest absolute Gasteiger partial charge is 0.469 e. The minimum Gasteiger partial charge on any atom is -0.469 e. The number of esters is 1. The number of methoxy groups -OCH3 is 1. The van der Waals surface area contributed by atoms with Crippen LogP contribution in [-0.2, 0) is 9.53 Å². The molecular formula is C9H12ClN3O2. The molecule has 0 atom stereocenters. The molecule has 1 aromatic heterocycles. The third kappa shape index (κ3) is 3.71. The van der Waals surface area contributed by atoms with Crippen LogP contribution in [-0.4, -0.2) is 29.6 Å². The zero-order chi connectivity index (χ0) is 11.3. The molecule has 0 radical (unpaired) electrons. The van der Waals surface area contributed by atoms with Gasteiger partial charge in [-0.3, -0.25) is 4.79 Å². The second-order valence-corrected chi connectivity index (χ2v) is 3.26. The quantitative estimate of drug-likeness (QED) is 0.625. The maximum atomic E-state index is 10.8.